The highest BCUT2D eigenvalue weighted by Gasteiger charge is 2.36. The van der Waals surface area contributed by atoms with E-state index in [4.69, 9.17) is 4.74 Å². The normalized spacial score (nSPS) is 20.0. The van der Waals surface area contributed by atoms with Gasteiger partial charge in [0, 0.05) is 37.9 Å². The van der Waals surface area contributed by atoms with Gasteiger partial charge < -0.3 is 20.3 Å². The van der Waals surface area contributed by atoms with E-state index in [0.717, 1.165) is 45.0 Å². The summed E-state index contributed by atoms with van der Waals surface area (Å²) in [5.41, 5.74) is 1.45. The zero-order valence-corrected chi connectivity index (χ0v) is 14.9. The number of rotatable bonds is 5. The summed E-state index contributed by atoms with van der Waals surface area (Å²) in [4.78, 5) is 40.2. The van der Waals surface area contributed by atoms with Gasteiger partial charge >= 0.3 is 11.8 Å². The predicted molar refractivity (Wildman–Crippen MR) is 95.6 cm³/mol. The summed E-state index contributed by atoms with van der Waals surface area (Å²) in [6, 6.07) is 6.40. The monoisotopic (exact) mass is 360 g/mol. The molecular weight excluding hydrogens is 336 g/mol. The van der Waals surface area contributed by atoms with Crippen LogP contribution in [-0.4, -0.2) is 69.1 Å². The summed E-state index contributed by atoms with van der Waals surface area (Å²) in [7, 11) is 1.65. The van der Waals surface area contributed by atoms with Gasteiger partial charge in [-0.15, -0.1) is 0 Å². The molecule has 3 rings (SSSR count). The van der Waals surface area contributed by atoms with Crippen LogP contribution in [-0.2, 0) is 19.1 Å². The standard InChI is InChI=1S/C18H24N4O4/c1-21-14-6-3-2-5-13(14)15(18(21)25)20-17(24)16(23)19-7-4-8-22-9-11-26-12-10-22/h2-3,5-6,15H,4,7-12H2,1H3,(H,19,23)(H,20,24)/t15-/m0/s1. The number of benzene rings is 1. The number of para-hydroxylation sites is 1. The summed E-state index contributed by atoms with van der Waals surface area (Å²) in [5, 5.41) is 5.15. The number of fused-ring (bicyclic) bond motifs is 1. The molecule has 1 saturated heterocycles. The van der Waals surface area contributed by atoms with Crippen LogP contribution < -0.4 is 15.5 Å². The van der Waals surface area contributed by atoms with E-state index in [1.165, 1.54) is 4.90 Å². The molecule has 140 valence electrons. The van der Waals surface area contributed by atoms with Crippen LogP contribution in [0.4, 0.5) is 5.69 Å². The van der Waals surface area contributed by atoms with Crippen molar-refractivity contribution in [3.63, 3.8) is 0 Å². The Labute approximate surface area is 152 Å². The first kappa shape index (κ1) is 18.3. The Bertz CT molecular complexity index is 688. The van der Waals surface area contributed by atoms with E-state index in [1.807, 2.05) is 12.1 Å². The molecule has 26 heavy (non-hydrogen) atoms. The maximum Gasteiger partial charge on any atom is 0.310 e. The summed E-state index contributed by atoms with van der Waals surface area (Å²) in [6.45, 7) is 4.53. The molecule has 8 nitrogen and oxygen atoms in total. The Morgan fingerprint density at radius 1 is 1.19 bits per heavy atom. The van der Waals surface area contributed by atoms with Crippen molar-refractivity contribution in [1.29, 1.82) is 0 Å². The number of carbonyl (C=O) groups excluding carboxylic acids is 3. The van der Waals surface area contributed by atoms with Gasteiger partial charge in [0.15, 0.2) is 0 Å². The molecule has 2 N–H and O–H groups in total. The lowest BCUT2D eigenvalue weighted by Crippen LogP contribution is -2.44. The first-order valence-corrected chi connectivity index (χ1v) is 8.83. The third-order valence-corrected chi connectivity index (χ3v) is 4.71. The zero-order chi connectivity index (χ0) is 18.5. The molecular formula is C18H24N4O4. The van der Waals surface area contributed by atoms with E-state index in [1.54, 1.807) is 19.2 Å². The quantitative estimate of drug-likeness (QED) is 0.554. The van der Waals surface area contributed by atoms with Crippen LogP contribution in [0, 0.1) is 0 Å². The smallest absolute Gasteiger partial charge is 0.310 e. The molecule has 1 fully saturated rings. The minimum absolute atomic E-state index is 0.250. The van der Waals surface area contributed by atoms with Gasteiger partial charge in [-0.2, -0.15) is 0 Å². The average molecular weight is 360 g/mol. The molecule has 0 unspecified atom stereocenters. The van der Waals surface area contributed by atoms with Crippen molar-refractivity contribution in [2.75, 3.05) is 51.3 Å². The van der Waals surface area contributed by atoms with Gasteiger partial charge in [-0.05, 0) is 19.0 Å². The molecule has 1 aromatic carbocycles. The topological polar surface area (TPSA) is 91.0 Å². The molecule has 1 aromatic rings. The van der Waals surface area contributed by atoms with Crippen molar-refractivity contribution < 1.29 is 19.1 Å². The number of morpholine rings is 1. The highest BCUT2D eigenvalue weighted by molar-refractivity contribution is 6.35. The second-order valence-corrected chi connectivity index (χ2v) is 6.43. The second-order valence-electron chi connectivity index (χ2n) is 6.43. The highest BCUT2D eigenvalue weighted by atomic mass is 16.5. The van der Waals surface area contributed by atoms with Crippen LogP contribution >= 0.6 is 0 Å². The molecule has 0 saturated carbocycles. The van der Waals surface area contributed by atoms with E-state index in [2.05, 4.69) is 15.5 Å². The zero-order valence-electron chi connectivity index (χ0n) is 14.9. The summed E-state index contributed by atoms with van der Waals surface area (Å²) in [6.07, 6.45) is 0.757. The number of ether oxygens (including phenoxy) is 1. The lowest BCUT2D eigenvalue weighted by Gasteiger charge is -2.26. The molecule has 0 aromatic heterocycles. The van der Waals surface area contributed by atoms with Gasteiger partial charge in [0.2, 0.25) is 0 Å². The van der Waals surface area contributed by atoms with E-state index in [9.17, 15) is 14.4 Å². The molecule has 2 aliphatic heterocycles. The molecule has 1 atom stereocenters. The molecule has 0 bridgehead atoms. The third kappa shape index (κ3) is 4.03. The van der Waals surface area contributed by atoms with E-state index < -0.39 is 17.9 Å². The molecule has 0 aliphatic carbocycles. The number of nitrogens with one attached hydrogen (secondary N) is 2. The Hall–Kier alpha value is -2.45. The van der Waals surface area contributed by atoms with Crippen LogP contribution in [0.15, 0.2) is 24.3 Å². The van der Waals surface area contributed by atoms with E-state index >= 15 is 0 Å². The van der Waals surface area contributed by atoms with Gasteiger partial charge in [-0.1, -0.05) is 18.2 Å². The molecule has 0 radical (unpaired) electrons. The van der Waals surface area contributed by atoms with E-state index in [-0.39, 0.29) is 5.91 Å². The molecule has 2 heterocycles. The first-order chi connectivity index (χ1) is 12.6. The van der Waals surface area contributed by atoms with Crippen molar-refractivity contribution in [2.45, 2.75) is 12.5 Å². The molecule has 8 heteroatoms. The van der Waals surface area contributed by atoms with Crippen molar-refractivity contribution in [3.05, 3.63) is 29.8 Å². The summed E-state index contributed by atoms with van der Waals surface area (Å²) < 4.78 is 5.28. The molecule has 0 spiro atoms. The number of hydrogen-bond donors (Lipinski definition) is 2. The van der Waals surface area contributed by atoms with Crippen molar-refractivity contribution >= 4 is 23.4 Å². The Morgan fingerprint density at radius 2 is 1.92 bits per heavy atom. The summed E-state index contributed by atoms with van der Waals surface area (Å²) >= 11 is 0. The fourth-order valence-corrected chi connectivity index (χ4v) is 3.23. The highest BCUT2D eigenvalue weighted by Crippen LogP contribution is 2.34. The minimum atomic E-state index is -0.817. The van der Waals surface area contributed by atoms with Gasteiger partial charge in [0.05, 0.1) is 13.2 Å². The van der Waals surface area contributed by atoms with Crippen molar-refractivity contribution in [3.8, 4) is 0 Å². The van der Waals surface area contributed by atoms with Gasteiger partial charge in [0.1, 0.15) is 6.04 Å². The van der Waals surface area contributed by atoms with Gasteiger partial charge in [-0.3, -0.25) is 19.3 Å². The Morgan fingerprint density at radius 3 is 2.69 bits per heavy atom. The van der Waals surface area contributed by atoms with E-state index in [0.29, 0.717) is 12.1 Å². The van der Waals surface area contributed by atoms with Crippen LogP contribution in [0.3, 0.4) is 0 Å². The number of carbonyl (C=O) groups is 3. The Kier molecular flexibility index (Phi) is 5.85. The molecule has 3 amide bonds. The van der Waals surface area contributed by atoms with Gasteiger partial charge in [-0.25, -0.2) is 0 Å². The number of hydrogen-bond acceptors (Lipinski definition) is 5. The van der Waals surface area contributed by atoms with Crippen LogP contribution in [0.2, 0.25) is 0 Å². The fourth-order valence-electron chi connectivity index (χ4n) is 3.23. The lowest BCUT2D eigenvalue weighted by atomic mass is 10.1. The summed E-state index contributed by atoms with van der Waals surface area (Å²) in [5.74, 6) is -1.76. The lowest BCUT2D eigenvalue weighted by molar-refractivity contribution is -0.140. The second kappa shape index (κ2) is 8.29. The van der Waals surface area contributed by atoms with Crippen LogP contribution in [0.25, 0.3) is 0 Å². The largest absolute Gasteiger partial charge is 0.379 e. The first-order valence-electron chi connectivity index (χ1n) is 8.83. The number of nitrogens with zero attached hydrogens (tertiary/aromatic N) is 2. The Balaban J connectivity index is 1.45. The number of likely N-dealkylation sites (N-methyl/N-ethyl adjacent to an activating group) is 1. The predicted octanol–water partition coefficient (Wildman–Crippen LogP) is -0.341. The SMILES string of the molecule is CN1C(=O)[C@@H](NC(=O)C(=O)NCCCN2CCOCC2)c2ccccc21. The maximum atomic E-state index is 12.3. The minimum Gasteiger partial charge on any atom is -0.379 e. The van der Waals surface area contributed by atoms with Gasteiger partial charge in [0.25, 0.3) is 5.91 Å². The molecule has 2 aliphatic rings. The van der Waals surface area contributed by atoms with Crippen LogP contribution in [0.1, 0.15) is 18.0 Å². The maximum absolute atomic E-state index is 12.3. The third-order valence-electron chi connectivity index (χ3n) is 4.71. The van der Waals surface area contributed by atoms with Crippen molar-refractivity contribution in [1.82, 2.24) is 15.5 Å². The number of anilines is 1. The fraction of sp³-hybridized carbons (Fsp3) is 0.500. The average Bonchev–Trinajstić information content (AvgIpc) is 2.91. The van der Waals surface area contributed by atoms with Crippen LogP contribution in [0.5, 0.6) is 0 Å². The number of amides is 3. The van der Waals surface area contributed by atoms with Crippen molar-refractivity contribution in [2.24, 2.45) is 0 Å².